The number of rotatable bonds is 7. The normalized spacial score (nSPS) is 10.6. The molecule has 0 saturated carbocycles. The number of benzene rings is 2. The largest absolute Gasteiger partial charge is 0.497 e. The van der Waals surface area contributed by atoms with Crippen molar-refractivity contribution in [2.45, 2.75) is 13.8 Å². The fourth-order valence-electron chi connectivity index (χ4n) is 2.50. The summed E-state index contributed by atoms with van der Waals surface area (Å²) in [5.41, 5.74) is 3.20. The van der Waals surface area contributed by atoms with E-state index in [0.29, 0.717) is 22.6 Å². The Balaban J connectivity index is 1.98. The lowest BCUT2D eigenvalue weighted by molar-refractivity contribution is -0.136. The van der Waals surface area contributed by atoms with Crippen molar-refractivity contribution in [3.05, 3.63) is 64.7 Å². The average Bonchev–Trinajstić information content (AvgIpc) is 2.64. The van der Waals surface area contributed by atoms with Crippen molar-refractivity contribution in [1.82, 2.24) is 0 Å². The van der Waals surface area contributed by atoms with Gasteiger partial charge >= 0.3 is 5.97 Å². The molecule has 0 aromatic heterocycles. The lowest BCUT2D eigenvalue weighted by atomic mass is 10.0. The molecule has 0 N–H and O–H groups in total. The standard InChI is InChI=1S/C21H22O5/c1-14-5-9-18(15(2)11-14)19(22)13-26-21(23)10-7-16-6-8-17(24-3)12-20(16)25-4/h5-12H,13H2,1-4H3/b10-7+. The van der Waals surface area contributed by atoms with E-state index in [2.05, 4.69) is 0 Å². The van der Waals surface area contributed by atoms with Crippen molar-refractivity contribution in [3.63, 3.8) is 0 Å². The van der Waals surface area contributed by atoms with Crippen molar-refractivity contribution < 1.29 is 23.8 Å². The van der Waals surface area contributed by atoms with Gasteiger partial charge in [-0.1, -0.05) is 23.8 Å². The molecule has 136 valence electrons. The zero-order valence-electron chi connectivity index (χ0n) is 15.4. The second-order valence-corrected chi connectivity index (χ2v) is 5.79. The first-order chi connectivity index (χ1) is 12.4. The molecule has 2 aromatic rings. The van der Waals surface area contributed by atoms with Crippen LogP contribution in [-0.4, -0.2) is 32.6 Å². The van der Waals surface area contributed by atoms with Crippen molar-refractivity contribution in [2.75, 3.05) is 20.8 Å². The molecule has 0 aliphatic heterocycles. The van der Waals surface area contributed by atoms with Crippen LogP contribution in [0.2, 0.25) is 0 Å². The third-order valence-corrected chi connectivity index (χ3v) is 3.87. The van der Waals surface area contributed by atoms with Gasteiger partial charge in [0.15, 0.2) is 6.61 Å². The number of esters is 1. The number of hydrogen-bond acceptors (Lipinski definition) is 5. The van der Waals surface area contributed by atoms with Gasteiger partial charge in [-0.15, -0.1) is 0 Å². The number of carbonyl (C=O) groups is 2. The molecular weight excluding hydrogens is 332 g/mol. The maximum absolute atomic E-state index is 12.2. The molecule has 0 atom stereocenters. The molecule has 0 radical (unpaired) electrons. The molecule has 2 rings (SSSR count). The molecule has 0 aliphatic carbocycles. The predicted molar refractivity (Wildman–Crippen MR) is 99.8 cm³/mol. The second-order valence-electron chi connectivity index (χ2n) is 5.79. The van der Waals surface area contributed by atoms with Crippen LogP contribution in [0.25, 0.3) is 6.08 Å². The average molecular weight is 354 g/mol. The number of methoxy groups -OCH3 is 2. The third-order valence-electron chi connectivity index (χ3n) is 3.87. The quantitative estimate of drug-likeness (QED) is 0.430. The fraction of sp³-hybridized carbons (Fsp3) is 0.238. The summed E-state index contributed by atoms with van der Waals surface area (Å²) >= 11 is 0. The zero-order chi connectivity index (χ0) is 19.1. The Labute approximate surface area is 153 Å². The highest BCUT2D eigenvalue weighted by atomic mass is 16.5. The SMILES string of the molecule is COc1ccc(/C=C/C(=O)OCC(=O)c2ccc(C)cc2C)c(OC)c1. The molecule has 2 aromatic carbocycles. The van der Waals surface area contributed by atoms with Crippen LogP contribution < -0.4 is 9.47 Å². The number of hydrogen-bond donors (Lipinski definition) is 0. The maximum atomic E-state index is 12.2. The Morgan fingerprint density at radius 1 is 1.00 bits per heavy atom. The number of aryl methyl sites for hydroxylation is 2. The minimum atomic E-state index is -0.596. The van der Waals surface area contributed by atoms with Crippen LogP contribution >= 0.6 is 0 Å². The van der Waals surface area contributed by atoms with Crippen LogP contribution in [0.5, 0.6) is 11.5 Å². The van der Waals surface area contributed by atoms with Crippen LogP contribution in [0, 0.1) is 13.8 Å². The predicted octanol–water partition coefficient (Wildman–Crippen LogP) is 3.76. The van der Waals surface area contributed by atoms with Crippen LogP contribution in [0.3, 0.4) is 0 Å². The Hall–Kier alpha value is -3.08. The Bertz CT molecular complexity index is 836. The van der Waals surface area contributed by atoms with Gasteiger partial charge in [-0.2, -0.15) is 0 Å². The summed E-state index contributed by atoms with van der Waals surface area (Å²) in [5.74, 6) is 0.396. The van der Waals surface area contributed by atoms with E-state index < -0.39 is 5.97 Å². The van der Waals surface area contributed by atoms with E-state index in [1.807, 2.05) is 26.0 Å². The maximum Gasteiger partial charge on any atom is 0.331 e. The molecular formula is C21H22O5. The highest BCUT2D eigenvalue weighted by molar-refractivity contribution is 6.00. The Morgan fingerprint density at radius 2 is 1.77 bits per heavy atom. The molecule has 0 heterocycles. The minimum Gasteiger partial charge on any atom is -0.497 e. The van der Waals surface area contributed by atoms with Gasteiger partial charge in [-0.05, 0) is 37.6 Å². The first kappa shape index (κ1) is 19.2. The molecule has 5 nitrogen and oxygen atoms in total. The molecule has 0 fully saturated rings. The van der Waals surface area contributed by atoms with Crippen molar-refractivity contribution >= 4 is 17.8 Å². The highest BCUT2D eigenvalue weighted by Gasteiger charge is 2.11. The van der Waals surface area contributed by atoms with Crippen molar-refractivity contribution in [2.24, 2.45) is 0 Å². The van der Waals surface area contributed by atoms with E-state index in [9.17, 15) is 9.59 Å². The van der Waals surface area contributed by atoms with Crippen molar-refractivity contribution in [3.8, 4) is 11.5 Å². The topological polar surface area (TPSA) is 61.8 Å². The molecule has 0 amide bonds. The van der Waals surface area contributed by atoms with Crippen LogP contribution in [0.15, 0.2) is 42.5 Å². The molecule has 0 spiro atoms. The van der Waals surface area contributed by atoms with Crippen LogP contribution in [0.4, 0.5) is 0 Å². The van der Waals surface area contributed by atoms with Gasteiger partial charge in [-0.25, -0.2) is 4.79 Å². The summed E-state index contributed by atoms with van der Waals surface area (Å²) in [5, 5.41) is 0. The lowest BCUT2D eigenvalue weighted by Gasteiger charge is -2.07. The van der Waals surface area contributed by atoms with Gasteiger partial charge in [0.25, 0.3) is 0 Å². The molecule has 0 saturated heterocycles. The van der Waals surface area contributed by atoms with Gasteiger partial charge in [0, 0.05) is 23.3 Å². The monoisotopic (exact) mass is 354 g/mol. The first-order valence-corrected chi connectivity index (χ1v) is 8.12. The summed E-state index contributed by atoms with van der Waals surface area (Å²) in [6.07, 6.45) is 2.84. The van der Waals surface area contributed by atoms with Gasteiger partial charge < -0.3 is 14.2 Å². The lowest BCUT2D eigenvalue weighted by Crippen LogP contribution is -2.13. The van der Waals surface area contributed by atoms with E-state index in [1.54, 1.807) is 37.5 Å². The summed E-state index contributed by atoms with van der Waals surface area (Å²) in [6.45, 7) is 3.52. The minimum absolute atomic E-state index is 0.230. The highest BCUT2D eigenvalue weighted by Crippen LogP contribution is 2.25. The van der Waals surface area contributed by atoms with Gasteiger partial charge in [0.2, 0.25) is 5.78 Å². The Kier molecular flexibility index (Phi) is 6.55. The Morgan fingerprint density at radius 3 is 2.42 bits per heavy atom. The number of Topliss-reactive ketones (excluding diaryl/α,β-unsaturated/α-hetero) is 1. The van der Waals surface area contributed by atoms with Gasteiger partial charge in [0.1, 0.15) is 11.5 Å². The first-order valence-electron chi connectivity index (χ1n) is 8.12. The van der Waals surface area contributed by atoms with E-state index >= 15 is 0 Å². The zero-order valence-corrected chi connectivity index (χ0v) is 15.4. The summed E-state index contributed by atoms with van der Waals surface area (Å²) in [7, 11) is 3.10. The molecule has 5 heteroatoms. The smallest absolute Gasteiger partial charge is 0.331 e. The molecule has 0 unspecified atom stereocenters. The van der Waals surface area contributed by atoms with E-state index in [4.69, 9.17) is 14.2 Å². The van der Waals surface area contributed by atoms with E-state index in [0.717, 1.165) is 11.1 Å². The molecule has 0 bridgehead atoms. The summed E-state index contributed by atoms with van der Waals surface area (Å²) in [6, 6.07) is 10.8. The van der Waals surface area contributed by atoms with Crippen LogP contribution in [-0.2, 0) is 9.53 Å². The van der Waals surface area contributed by atoms with Crippen molar-refractivity contribution in [1.29, 1.82) is 0 Å². The van der Waals surface area contributed by atoms with Gasteiger partial charge in [-0.3, -0.25) is 4.79 Å². The van der Waals surface area contributed by atoms with E-state index in [1.165, 1.54) is 13.2 Å². The summed E-state index contributed by atoms with van der Waals surface area (Å²) < 4.78 is 15.4. The number of carbonyl (C=O) groups excluding carboxylic acids is 2. The van der Waals surface area contributed by atoms with Crippen LogP contribution in [0.1, 0.15) is 27.0 Å². The molecule has 0 aliphatic rings. The number of ketones is 1. The molecule has 26 heavy (non-hydrogen) atoms. The number of ether oxygens (including phenoxy) is 3. The second kappa shape index (κ2) is 8.85. The van der Waals surface area contributed by atoms with Gasteiger partial charge in [0.05, 0.1) is 14.2 Å². The fourth-order valence-corrected chi connectivity index (χ4v) is 2.50. The van der Waals surface area contributed by atoms with E-state index in [-0.39, 0.29) is 12.4 Å². The third kappa shape index (κ3) is 4.96. The summed E-state index contributed by atoms with van der Waals surface area (Å²) in [4.78, 5) is 24.1.